The molecule has 2 aromatic rings. The van der Waals surface area contributed by atoms with E-state index in [2.05, 4.69) is 16.0 Å². The number of rotatable bonds is 13. The Morgan fingerprint density at radius 3 is 2.15 bits per heavy atom. The first-order valence-corrected chi connectivity index (χ1v) is 14.4. The molecule has 3 atom stereocenters. The molecule has 0 aromatic heterocycles. The molecule has 1 saturated heterocycles. The van der Waals surface area contributed by atoms with Crippen molar-refractivity contribution in [2.24, 2.45) is 5.92 Å². The predicted molar refractivity (Wildman–Crippen MR) is 156 cm³/mol. The van der Waals surface area contributed by atoms with E-state index in [1.165, 1.54) is 11.8 Å². The lowest BCUT2D eigenvalue weighted by Crippen LogP contribution is -2.41. The monoisotopic (exact) mass is 581 g/mol. The van der Waals surface area contributed by atoms with Crippen LogP contribution in [0.5, 0.6) is 0 Å². The van der Waals surface area contributed by atoms with Crippen molar-refractivity contribution in [2.45, 2.75) is 37.8 Å². The van der Waals surface area contributed by atoms with Crippen LogP contribution in [-0.2, 0) is 30.3 Å². The zero-order chi connectivity index (χ0) is 29.8. The zero-order valence-electron chi connectivity index (χ0n) is 23.3. The molecule has 2 aromatic carbocycles. The molecule has 3 rings (SSSR count). The minimum Gasteiger partial charge on any atom is -0.465 e. The fourth-order valence-electron chi connectivity index (χ4n) is 4.24. The summed E-state index contributed by atoms with van der Waals surface area (Å²) < 4.78 is 9.81. The second-order valence-corrected chi connectivity index (χ2v) is 10.4. The summed E-state index contributed by atoms with van der Waals surface area (Å²) in [6, 6.07) is 16.8. The summed E-state index contributed by atoms with van der Waals surface area (Å²) in [5.74, 6) is -2.25. The summed E-state index contributed by atoms with van der Waals surface area (Å²) >= 11 is 1.31. The highest BCUT2D eigenvalue weighted by molar-refractivity contribution is 8.01. The molecule has 0 bridgehead atoms. The number of carbonyl (C=O) groups is 4. The predicted octanol–water partition coefficient (Wildman–Crippen LogP) is 3.37. The van der Waals surface area contributed by atoms with Crippen LogP contribution in [-0.4, -0.2) is 72.2 Å². The van der Waals surface area contributed by atoms with Gasteiger partial charge in [0.15, 0.2) is 5.92 Å². The maximum atomic E-state index is 13.0. The fraction of sp³-hybridized carbons (Fsp3) is 0.414. The number of anilines is 2. The van der Waals surface area contributed by atoms with Gasteiger partial charge in [-0.25, -0.2) is 4.79 Å². The first-order valence-electron chi connectivity index (χ1n) is 13.4. The Hall–Kier alpha value is -4.24. The number of nitrogens with zero attached hydrogens (tertiary/aromatic N) is 2. The SMILES string of the molecule is CCOC(=O)CNC(=O)Nc1ccc(Cc2ccc(NCC3SC(C(C#N)C(=O)OCC)N(CC)C3=O)cc2)cc1. The number of hydrogen-bond donors (Lipinski definition) is 3. The third kappa shape index (κ3) is 8.88. The molecule has 1 aliphatic heterocycles. The summed E-state index contributed by atoms with van der Waals surface area (Å²) in [5, 5.41) is 17.0. The van der Waals surface area contributed by atoms with Gasteiger partial charge in [-0.05, 0) is 62.6 Å². The molecule has 12 heteroatoms. The molecule has 0 saturated carbocycles. The van der Waals surface area contributed by atoms with Crippen molar-refractivity contribution in [3.05, 3.63) is 59.7 Å². The van der Waals surface area contributed by atoms with E-state index in [4.69, 9.17) is 9.47 Å². The van der Waals surface area contributed by atoms with Crippen LogP contribution >= 0.6 is 11.8 Å². The Morgan fingerprint density at radius 2 is 1.59 bits per heavy atom. The van der Waals surface area contributed by atoms with E-state index in [1.54, 1.807) is 30.9 Å². The fourth-order valence-corrected chi connectivity index (χ4v) is 5.73. The van der Waals surface area contributed by atoms with E-state index >= 15 is 0 Å². The third-order valence-corrected chi connectivity index (χ3v) is 7.74. The zero-order valence-corrected chi connectivity index (χ0v) is 24.2. The van der Waals surface area contributed by atoms with Gasteiger partial charge in [-0.3, -0.25) is 14.4 Å². The third-order valence-electron chi connectivity index (χ3n) is 6.24. The van der Waals surface area contributed by atoms with Crippen molar-refractivity contribution in [3.8, 4) is 6.07 Å². The first kappa shape index (κ1) is 31.3. The molecule has 1 aliphatic rings. The lowest BCUT2D eigenvalue weighted by Gasteiger charge is -2.24. The van der Waals surface area contributed by atoms with Gasteiger partial charge < -0.3 is 30.3 Å². The molecule has 0 spiro atoms. The average molecular weight is 582 g/mol. The van der Waals surface area contributed by atoms with E-state index in [1.807, 2.05) is 49.4 Å². The molecule has 0 radical (unpaired) electrons. The highest BCUT2D eigenvalue weighted by Gasteiger charge is 2.46. The number of carbonyl (C=O) groups excluding carboxylic acids is 4. The summed E-state index contributed by atoms with van der Waals surface area (Å²) in [5.41, 5.74) is 3.58. The van der Waals surface area contributed by atoms with Crippen LogP contribution in [0.3, 0.4) is 0 Å². The Morgan fingerprint density at radius 1 is 0.976 bits per heavy atom. The number of thioether (sulfide) groups is 1. The van der Waals surface area contributed by atoms with Gasteiger partial charge in [0.2, 0.25) is 5.91 Å². The first-order chi connectivity index (χ1) is 19.8. The average Bonchev–Trinajstić information content (AvgIpc) is 3.27. The highest BCUT2D eigenvalue weighted by Crippen LogP contribution is 2.36. The number of benzene rings is 2. The van der Waals surface area contributed by atoms with Gasteiger partial charge in [-0.1, -0.05) is 24.3 Å². The topological polar surface area (TPSA) is 150 Å². The molecule has 11 nitrogen and oxygen atoms in total. The van der Waals surface area contributed by atoms with Gasteiger partial charge in [-0.2, -0.15) is 5.26 Å². The van der Waals surface area contributed by atoms with Crippen LogP contribution < -0.4 is 16.0 Å². The van der Waals surface area contributed by atoms with E-state index in [-0.39, 0.29) is 25.7 Å². The molecular weight excluding hydrogens is 546 g/mol. The van der Waals surface area contributed by atoms with Crippen LogP contribution in [0.25, 0.3) is 0 Å². The Balaban J connectivity index is 1.50. The van der Waals surface area contributed by atoms with Gasteiger partial charge in [0.05, 0.1) is 19.3 Å². The van der Waals surface area contributed by atoms with Gasteiger partial charge >= 0.3 is 18.0 Å². The quantitative estimate of drug-likeness (QED) is 0.303. The maximum Gasteiger partial charge on any atom is 0.326 e. The largest absolute Gasteiger partial charge is 0.465 e. The molecule has 1 heterocycles. The van der Waals surface area contributed by atoms with Crippen LogP contribution in [0.4, 0.5) is 16.2 Å². The summed E-state index contributed by atoms with van der Waals surface area (Å²) in [6.45, 7) is 6.20. The lowest BCUT2D eigenvalue weighted by atomic mass is 10.0. The molecule has 3 N–H and O–H groups in total. The number of ether oxygens (including phenoxy) is 2. The van der Waals surface area contributed by atoms with E-state index < -0.39 is 34.5 Å². The number of urea groups is 1. The number of nitriles is 1. The van der Waals surface area contributed by atoms with Crippen molar-refractivity contribution in [1.29, 1.82) is 5.26 Å². The molecule has 3 amide bonds. The number of nitrogens with one attached hydrogen (secondary N) is 3. The normalized spacial score (nSPS) is 16.8. The smallest absolute Gasteiger partial charge is 0.326 e. The van der Waals surface area contributed by atoms with E-state index in [0.717, 1.165) is 16.8 Å². The number of hydrogen-bond acceptors (Lipinski definition) is 9. The van der Waals surface area contributed by atoms with Gasteiger partial charge in [0, 0.05) is 24.5 Å². The Bertz CT molecular complexity index is 1250. The summed E-state index contributed by atoms with van der Waals surface area (Å²) in [6.07, 6.45) is 0.684. The number of esters is 2. The molecule has 41 heavy (non-hydrogen) atoms. The van der Waals surface area contributed by atoms with Crippen LogP contribution in [0.15, 0.2) is 48.5 Å². The Labute approximate surface area is 243 Å². The summed E-state index contributed by atoms with van der Waals surface area (Å²) in [7, 11) is 0. The second kappa shape index (κ2) is 15.5. The minimum atomic E-state index is -1.04. The summed E-state index contributed by atoms with van der Waals surface area (Å²) in [4.78, 5) is 50.1. The van der Waals surface area contributed by atoms with Crippen molar-refractivity contribution in [3.63, 3.8) is 0 Å². The van der Waals surface area contributed by atoms with Crippen LogP contribution in [0, 0.1) is 17.2 Å². The molecule has 3 unspecified atom stereocenters. The Kier molecular flexibility index (Phi) is 11.8. The maximum absolute atomic E-state index is 13.0. The standard InChI is InChI=1S/C29H35N5O6S/c1-4-34-26(36)24(41-27(34)23(16-30)28(37)40-6-3)17-31-21-11-7-19(8-12-21)15-20-9-13-22(14-10-20)33-29(38)32-18-25(35)39-5-2/h7-14,23-24,27,31H,4-6,15,17-18H2,1-3H3,(H2,32,33,38). The van der Waals surface area contributed by atoms with Crippen molar-refractivity contribution < 1.29 is 28.7 Å². The highest BCUT2D eigenvalue weighted by atomic mass is 32.2. The van der Waals surface area contributed by atoms with E-state index in [9.17, 15) is 24.4 Å². The van der Waals surface area contributed by atoms with Crippen molar-refractivity contribution >= 4 is 47.0 Å². The molecule has 1 fully saturated rings. The van der Waals surface area contributed by atoms with Crippen LogP contribution in [0.2, 0.25) is 0 Å². The number of amides is 3. The molecule has 0 aliphatic carbocycles. The minimum absolute atomic E-state index is 0.106. The molecular formula is C29H35N5O6S. The van der Waals surface area contributed by atoms with Crippen molar-refractivity contribution in [1.82, 2.24) is 10.2 Å². The molecule has 218 valence electrons. The van der Waals surface area contributed by atoms with Crippen LogP contribution in [0.1, 0.15) is 31.9 Å². The van der Waals surface area contributed by atoms with Gasteiger partial charge in [0.1, 0.15) is 17.2 Å². The van der Waals surface area contributed by atoms with Gasteiger partial charge in [0.25, 0.3) is 0 Å². The van der Waals surface area contributed by atoms with Gasteiger partial charge in [-0.15, -0.1) is 11.8 Å². The van der Waals surface area contributed by atoms with E-state index in [0.29, 0.717) is 25.2 Å². The second-order valence-electron chi connectivity index (χ2n) is 9.06. The lowest BCUT2D eigenvalue weighted by molar-refractivity contribution is -0.147. The van der Waals surface area contributed by atoms with Crippen molar-refractivity contribution in [2.75, 3.05) is 43.5 Å².